The maximum atomic E-state index is 12.8. The van der Waals surface area contributed by atoms with E-state index in [1.165, 1.54) is 25.4 Å². The number of rotatable bonds is 3. The topological polar surface area (TPSA) is 100 Å². The number of hydrogen-bond acceptors (Lipinski definition) is 6. The fraction of sp³-hybridized carbons (Fsp3) is 0.133. The second kappa shape index (κ2) is 5.37. The summed E-state index contributed by atoms with van der Waals surface area (Å²) in [5.74, 6) is 0. The number of sulfonamides is 1. The first kappa shape index (κ1) is 15.0. The van der Waals surface area contributed by atoms with Crippen LogP contribution in [-0.4, -0.2) is 25.6 Å². The third kappa shape index (κ3) is 2.51. The van der Waals surface area contributed by atoms with Crippen molar-refractivity contribution in [3.63, 3.8) is 0 Å². The summed E-state index contributed by atoms with van der Waals surface area (Å²) in [5, 5.41) is 13.3. The summed E-state index contributed by atoms with van der Waals surface area (Å²) in [6.45, 7) is 1.71. The van der Waals surface area contributed by atoms with Crippen molar-refractivity contribution < 1.29 is 12.9 Å². The largest absolute Gasteiger partial charge is 0.336 e. The van der Waals surface area contributed by atoms with Crippen LogP contribution < -0.4 is 4.31 Å². The van der Waals surface area contributed by atoms with Gasteiger partial charge < -0.3 is 4.52 Å². The molecule has 0 aliphatic rings. The van der Waals surface area contributed by atoms with Gasteiger partial charge in [-0.2, -0.15) is 5.26 Å². The first-order valence-corrected chi connectivity index (χ1v) is 8.08. The monoisotopic (exact) mass is 328 g/mol. The predicted molar refractivity (Wildman–Crippen MR) is 83.3 cm³/mol. The molecular formula is C15H12N4O3S. The zero-order valence-corrected chi connectivity index (χ0v) is 13.2. The molecule has 0 unspecified atom stereocenters. The minimum absolute atomic E-state index is 0.0289. The number of benzene rings is 1. The lowest BCUT2D eigenvalue weighted by Crippen LogP contribution is -2.26. The van der Waals surface area contributed by atoms with Gasteiger partial charge in [0.05, 0.1) is 34.6 Å². The smallest absolute Gasteiger partial charge is 0.265 e. The Bertz CT molecular complexity index is 1030. The number of nitrogens with zero attached hydrogens (tertiary/aromatic N) is 4. The molecule has 116 valence electrons. The Kier molecular flexibility index (Phi) is 3.50. The van der Waals surface area contributed by atoms with Gasteiger partial charge in [-0.25, -0.2) is 13.4 Å². The number of aromatic nitrogens is 2. The van der Waals surface area contributed by atoms with Crippen LogP contribution in [0.5, 0.6) is 0 Å². The van der Waals surface area contributed by atoms with E-state index in [9.17, 15) is 8.42 Å². The molecule has 3 aromatic rings. The third-order valence-corrected chi connectivity index (χ3v) is 5.23. The number of hydrogen-bond donors (Lipinski definition) is 0. The van der Waals surface area contributed by atoms with Gasteiger partial charge in [0.1, 0.15) is 4.90 Å². The van der Waals surface area contributed by atoms with E-state index in [2.05, 4.69) is 10.1 Å². The Morgan fingerprint density at radius 1 is 1.30 bits per heavy atom. The summed E-state index contributed by atoms with van der Waals surface area (Å²) in [6, 6.07) is 9.84. The van der Waals surface area contributed by atoms with Crippen molar-refractivity contribution in [3.8, 4) is 6.07 Å². The molecule has 8 heteroatoms. The highest BCUT2D eigenvalue weighted by atomic mass is 32.2. The van der Waals surface area contributed by atoms with Crippen molar-refractivity contribution in [2.45, 2.75) is 11.8 Å². The molecule has 0 radical (unpaired) electrons. The van der Waals surface area contributed by atoms with Crippen molar-refractivity contribution in [2.24, 2.45) is 0 Å². The minimum atomic E-state index is -3.81. The van der Waals surface area contributed by atoms with Gasteiger partial charge in [0.15, 0.2) is 0 Å². The lowest BCUT2D eigenvalue weighted by atomic mass is 10.2. The first-order valence-electron chi connectivity index (χ1n) is 6.64. The summed E-state index contributed by atoms with van der Waals surface area (Å²) in [5.41, 5.74) is 1.63. The van der Waals surface area contributed by atoms with E-state index in [0.717, 1.165) is 4.31 Å². The van der Waals surface area contributed by atoms with E-state index >= 15 is 0 Å². The maximum Gasteiger partial charge on any atom is 0.265 e. The minimum Gasteiger partial charge on any atom is -0.336 e. The molecule has 2 aromatic heterocycles. The van der Waals surface area contributed by atoms with E-state index in [0.29, 0.717) is 22.3 Å². The van der Waals surface area contributed by atoms with Gasteiger partial charge in [0.2, 0.25) is 0 Å². The van der Waals surface area contributed by atoms with E-state index in [-0.39, 0.29) is 10.6 Å². The number of anilines is 1. The Hall–Kier alpha value is -2.92. The van der Waals surface area contributed by atoms with Crippen molar-refractivity contribution in [3.05, 3.63) is 47.8 Å². The van der Waals surface area contributed by atoms with Crippen molar-refractivity contribution in [1.82, 2.24) is 10.1 Å². The van der Waals surface area contributed by atoms with Gasteiger partial charge in [-0.15, -0.1) is 0 Å². The highest BCUT2D eigenvalue weighted by Gasteiger charge is 2.23. The molecule has 0 bridgehead atoms. The lowest BCUT2D eigenvalue weighted by molar-refractivity contribution is 0.442. The average molecular weight is 328 g/mol. The Labute approximate surface area is 132 Å². The SMILES string of the molecule is Cc1noc2ncc(S(=O)(=O)N(C)c3cccc(C#N)c3)cc12. The molecule has 0 spiro atoms. The number of pyridine rings is 1. The predicted octanol–water partition coefficient (Wildman–Crippen LogP) is 2.23. The maximum absolute atomic E-state index is 12.8. The second-order valence-corrected chi connectivity index (χ2v) is 6.90. The Morgan fingerprint density at radius 3 is 2.83 bits per heavy atom. The van der Waals surface area contributed by atoms with Crippen molar-refractivity contribution >= 4 is 26.8 Å². The van der Waals surface area contributed by atoms with E-state index < -0.39 is 10.0 Å². The fourth-order valence-corrected chi connectivity index (χ4v) is 3.30. The summed E-state index contributed by atoms with van der Waals surface area (Å²) in [4.78, 5) is 4.02. The van der Waals surface area contributed by atoms with E-state index in [1.807, 2.05) is 6.07 Å². The average Bonchev–Trinajstić information content (AvgIpc) is 2.95. The molecule has 0 atom stereocenters. The molecule has 0 saturated carbocycles. The summed E-state index contributed by atoms with van der Waals surface area (Å²) in [7, 11) is -2.38. The van der Waals surface area contributed by atoms with E-state index in [1.54, 1.807) is 25.1 Å². The first-order chi connectivity index (χ1) is 10.9. The van der Waals surface area contributed by atoms with Gasteiger partial charge in [0.25, 0.3) is 15.7 Å². The molecule has 0 aliphatic carbocycles. The zero-order chi connectivity index (χ0) is 16.6. The molecule has 2 heterocycles. The molecule has 0 saturated heterocycles. The molecule has 3 rings (SSSR count). The zero-order valence-electron chi connectivity index (χ0n) is 12.4. The van der Waals surface area contributed by atoms with Crippen molar-refractivity contribution in [2.75, 3.05) is 11.4 Å². The van der Waals surface area contributed by atoms with Crippen LogP contribution in [0.2, 0.25) is 0 Å². The lowest BCUT2D eigenvalue weighted by Gasteiger charge is -2.19. The van der Waals surface area contributed by atoms with Crippen LogP contribution in [0.4, 0.5) is 5.69 Å². The van der Waals surface area contributed by atoms with Crippen LogP contribution >= 0.6 is 0 Å². The molecule has 0 amide bonds. The van der Waals surface area contributed by atoms with Gasteiger partial charge in [-0.05, 0) is 31.2 Å². The molecule has 0 aliphatic heterocycles. The molecule has 7 nitrogen and oxygen atoms in total. The molecule has 0 fully saturated rings. The van der Waals surface area contributed by atoms with Crippen molar-refractivity contribution in [1.29, 1.82) is 5.26 Å². The van der Waals surface area contributed by atoms with Crippen LogP contribution in [0, 0.1) is 18.3 Å². The third-order valence-electron chi connectivity index (χ3n) is 3.48. The fourth-order valence-electron chi connectivity index (χ4n) is 2.14. The van der Waals surface area contributed by atoms with Gasteiger partial charge >= 0.3 is 0 Å². The quantitative estimate of drug-likeness (QED) is 0.731. The van der Waals surface area contributed by atoms with Crippen LogP contribution in [0.15, 0.2) is 45.9 Å². The molecule has 23 heavy (non-hydrogen) atoms. The number of nitriles is 1. The van der Waals surface area contributed by atoms with Gasteiger partial charge in [-0.1, -0.05) is 11.2 Å². The normalized spacial score (nSPS) is 11.3. The highest BCUT2D eigenvalue weighted by molar-refractivity contribution is 7.92. The molecular weight excluding hydrogens is 316 g/mol. The Morgan fingerprint density at radius 2 is 2.09 bits per heavy atom. The summed E-state index contributed by atoms with van der Waals surface area (Å²) < 4.78 is 31.6. The van der Waals surface area contributed by atoms with Crippen LogP contribution in [0.25, 0.3) is 11.1 Å². The molecule has 0 N–H and O–H groups in total. The van der Waals surface area contributed by atoms with Crippen LogP contribution in [0.1, 0.15) is 11.3 Å². The van der Waals surface area contributed by atoms with Crippen LogP contribution in [0.3, 0.4) is 0 Å². The summed E-state index contributed by atoms with van der Waals surface area (Å²) >= 11 is 0. The number of aryl methyl sites for hydroxylation is 1. The Balaban J connectivity index is 2.08. The standard InChI is InChI=1S/C15H12N4O3S/c1-10-14-7-13(9-17-15(14)22-18-10)23(20,21)19(2)12-5-3-4-11(6-12)8-16/h3-7,9H,1-2H3. The summed E-state index contributed by atoms with van der Waals surface area (Å²) in [6.07, 6.45) is 1.23. The highest BCUT2D eigenvalue weighted by Crippen LogP contribution is 2.25. The van der Waals surface area contributed by atoms with Gasteiger partial charge in [0, 0.05) is 7.05 Å². The van der Waals surface area contributed by atoms with Crippen LogP contribution in [-0.2, 0) is 10.0 Å². The molecule has 1 aromatic carbocycles. The second-order valence-electron chi connectivity index (χ2n) is 4.93. The van der Waals surface area contributed by atoms with E-state index in [4.69, 9.17) is 9.78 Å². The number of fused-ring (bicyclic) bond motifs is 1. The van der Waals surface area contributed by atoms with Gasteiger partial charge in [-0.3, -0.25) is 4.31 Å².